The van der Waals surface area contributed by atoms with E-state index in [2.05, 4.69) is 25.1 Å². The summed E-state index contributed by atoms with van der Waals surface area (Å²) in [5.74, 6) is 1.78. The van der Waals surface area contributed by atoms with Gasteiger partial charge in [0.15, 0.2) is 0 Å². The second kappa shape index (κ2) is 6.60. The van der Waals surface area contributed by atoms with E-state index in [9.17, 15) is 5.21 Å². The molecule has 0 aromatic carbocycles. The number of oxime groups is 1. The molecule has 4 nitrogen and oxygen atoms in total. The van der Waals surface area contributed by atoms with Crippen LogP contribution in [0.15, 0.2) is 16.8 Å². The largest absolute Gasteiger partial charge is 0.411 e. The molecule has 1 heterocycles. The highest BCUT2D eigenvalue weighted by atomic mass is 16.5. The molecule has 126 valence electrons. The van der Waals surface area contributed by atoms with Crippen molar-refractivity contribution in [2.24, 2.45) is 34.6 Å². The number of fused-ring (bicyclic) bond motifs is 1. The fraction of sp³-hybridized carbons (Fsp3) is 0.833. The summed E-state index contributed by atoms with van der Waals surface area (Å²) in [6.45, 7) is 5.84. The van der Waals surface area contributed by atoms with Crippen LogP contribution in [0, 0.1) is 23.7 Å². The molecule has 1 aliphatic heterocycles. The topological polar surface area (TPSA) is 67.8 Å². The van der Waals surface area contributed by atoms with Gasteiger partial charge >= 0.3 is 0 Å². The first-order chi connectivity index (χ1) is 11.0. The lowest BCUT2D eigenvalue weighted by atomic mass is 9.41. The van der Waals surface area contributed by atoms with Crippen LogP contribution in [-0.4, -0.2) is 38.0 Å². The average Bonchev–Trinajstić information content (AvgIpc) is 3.07. The van der Waals surface area contributed by atoms with Gasteiger partial charge < -0.3 is 15.7 Å². The smallest absolute Gasteiger partial charge is 0.0759 e. The summed E-state index contributed by atoms with van der Waals surface area (Å²) < 4.78 is 5.43. The van der Waals surface area contributed by atoms with E-state index in [0.717, 1.165) is 37.8 Å². The maximum Gasteiger partial charge on any atom is 0.0759 e. The van der Waals surface area contributed by atoms with Crippen molar-refractivity contribution >= 4 is 13.6 Å². The van der Waals surface area contributed by atoms with Gasteiger partial charge in [-0.2, -0.15) is 0 Å². The lowest BCUT2D eigenvalue weighted by molar-refractivity contribution is 0.0671. The maximum atomic E-state index is 9.26. The molecule has 0 aromatic rings. The van der Waals surface area contributed by atoms with Gasteiger partial charge in [-0.3, -0.25) is 0 Å². The van der Waals surface area contributed by atoms with Gasteiger partial charge in [0.1, 0.15) is 0 Å². The minimum atomic E-state index is -0.253. The third-order valence-electron chi connectivity index (χ3n) is 6.85. The molecule has 6 atom stereocenters. The molecular weight excluding hydrogens is 287 g/mol. The molecule has 0 bridgehead atoms. The van der Waals surface area contributed by atoms with Crippen molar-refractivity contribution in [2.45, 2.75) is 57.3 Å². The second-order valence-corrected chi connectivity index (χ2v) is 7.89. The van der Waals surface area contributed by atoms with Crippen molar-refractivity contribution in [3.05, 3.63) is 11.6 Å². The highest BCUT2D eigenvalue weighted by Gasteiger charge is 2.51. The Balaban J connectivity index is 1.79. The van der Waals surface area contributed by atoms with Gasteiger partial charge in [0.25, 0.3) is 0 Å². The Bertz CT molecular complexity index is 507. The number of hydrogen-bond donors (Lipinski definition) is 2. The van der Waals surface area contributed by atoms with E-state index in [-0.39, 0.29) is 17.3 Å². The van der Waals surface area contributed by atoms with Crippen molar-refractivity contribution in [1.29, 1.82) is 0 Å². The molecule has 2 fully saturated rings. The normalized spacial score (nSPS) is 44.0. The standard InChI is InChI=1S/C18H29BN2O2/c1-11-5-7-18(19)12(2)17(21-22)4-3-15(18)14(11)9-16(20)13-6-8-23-10-13/h6,11-12,14-16,22H,3-5,7-10,20H2,1-2H3/b21-17+. The summed E-state index contributed by atoms with van der Waals surface area (Å²) in [7, 11) is 6.88. The van der Waals surface area contributed by atoms with Crippen molar-refractivity contribution in [3.8, 4) is 0 Å². The van der Waals surface area contributed by atoms with Crippen LogP contribution in [-0.2, 0) is 4.74 Å². The highest BCUT2D eigenvalue weighted by Crippen LogP contribution is 2.60. The molecule has 0 spiro atoms. The quantitative estimate of drug-likeness (QED) is 0.364. The summed E-state index contributed by atoms with van der Waals surface area (Å²) in [6, 6.07) is 0.0792. The lowest BCUT2D eigenvalue weighted by Gasteiger charge is -2.56. The average molecular weight is 316 g/mol. The van der Waals surface area contributed by atoms with Crippen LogP contribution in [0.5, 0.6) is 0 Å². The Morgan fingerprint density at radius 2 is 2.26 bits per heavy atom. The van der Waals surface area contributed by atoms with Crippen LogP contribution in [0.25, 0.3) is 0 Å². The van der Waals surface area contributed by atoms with Crippen LogP contribution < -0.4 is 5.73 Å². The van der Waals surface area contributed by atoms with Crippen LogP contribution >= 0.6 is 0 Å². The predicted molar refractivity (Wildman–Crippen MR) is 92.9 cm³/mol. The molecule has 3 N–H and O–H groups in total. The predicted octanol–water partition coefficient (Wildman–Crippen LogP) is 2.91. The molecule has 6 unspecified atom stereocenters. The van der Waals surface area contributed by atoms with E-state index < -0.39 is 0 Å². The number of hydrogen-bond acceptors (Lipinski definition) is 4. The Morgan fingerprint density at radius 3 is 2.91 bits per heavy atom. The van der Waals surface area contributed by atoms with Crippen molar-refractivity contribution in [2.75, 3.05) is 13.2 Å². The van der Waals surface area contributed by atoms with E-state index in [1.165, 1.54) is 5.57 Å². The molecule has 5 heteroatoms. The fourth-order valence-electron chi connectivity index (χ4n) is 5.16. The van der Waals surface area contributed by atoms with E-state index in [1.807, 2.05) is 0 Å². The fourth-order valence-corrected chi connectivity index (χ4v) is 5.16. The second-order valence-electron chi connectivity index (χ2n) is 7.89. The zero-order valence-electron chi connectivity index (χ0n) is 14.4. The van der Waals surface area contributed by atoms with Crippen molar-refractivity contribution in [3.63, 3.8) is 0 Å². The summed E-state index contributed by atoms with van der Waals surface area (Å²) >= 11 is 0. The summed E-state index contributed by atoms with van der Waals surface area (Å²) in [5.41, 5.74) is 8.58. The number of ether oxygens (including phenoxy) is 1. The van der Waals surface area contributed by atoms with Crippen LogP contribution in [0.4, 0.5) is 0 Å². The molecule has 23 heavy (non-hydrogen) atoms. The monoisotopic (exact) mass is 316 g/mol. The Labute approximate surface area is 140 Å². The maximum absolute atomic E-state index is 9.26. The molecule has 3 rings (SSSR count). The Hall–Kier alpha value is -0.805. The number of nitrogens with two attached hydrogens (primary N) is 1. The summed E-state index contributed by atoms with van der Waals surface area (Å²) in [5, 5.41) is 12.5. The third kappa shape index (κ3) is 2.98. The van der Waals surface area contributed by atoms with E-state index in [1.54, 1.807) is 0 Å². The molecule has 2 radical (unpaired) electrons. The number of nitrogens with zero attached hydrogens (tertiary/aromatic N) is 1. The molecule has 0 saturated heterocycles. The first kappa shape index (κ1) is 17.0. The number of rotatable bonds is 3. The zero-order valence-corrected chi connectivity index (χ0v) is 14.4. The van der Waals surface area contributed by atoms with Gasteiger partial charge in [0.2, 0.25) is 0 Å². The molecular formula is C18H29BN2O2. The lowest BCUT2D eigenvalue weighted by Crippen LogP contribution is -2.48. The zero-order chi connectivity index (χ0) is 16.6. The third-order valence-corrected chi connectivity index (χ3v) is 6.85. The van der Waals surface area contributed by atoms with Gasteiger partial charge in [0, 0.05) is 6.04 Å². The van der Waals surface area contributed by atoms with E-state index >= 15 is 0 Å². The van der Waals surface area contributed by atoms with E-state index in [0.29, 0.717) is 31.0 Å². The summed E-state index contributed by atoms with van der Waals surface area (Å²) in [6.07, 6.45) is 7.12. The van der Waals surface area contributed by atoms with Crippen LogP contribution in [0.1, 0.15) is 46.0 Å². The molecule has 2 saturated carbocycles. The molecule has 2 aliphatic carbocycles. The first-order valence-corrected chi connectivity index (χ1v) is 8.99. The van der Waals surface area contributed by atoms with Gasteiger partial charge in [-0.25, -0.2) is 0 Å². The van der Waals surface area contributed by atoms with Crippen molar-refractivity contribution in [1.82, 2.24) is 0 Å². The van der Waals surface area contributed by atoms with E-state index in [4.69, 9.17) is 18.3 Å². The van der Waals surface area contributed by atoms with Crippen LogP contribution in [0.3, 0.4) is 0 Å². The van der Waals surface area contributed by atoms with Gasteiger partial charge in [-0.15, -0.1) is 0 Å². The van der Waals surface area contributed by atoms with Crippen LogP contribution in [0.2, 0.25) is 5.31 Å². The SMILES string of the molecule is [B]C12CCC(C)C(CC(N)C3=CCOC3)C1CC/C(=N\O)C2C. The molecule has 0 amide bonds. The van der Waals surface area contributed by atoms with Gasteiger partial charge in [-0.05, 0) is 48.5 Å². The minimum Gasteiger partial charge on any atom is -0.411 e. The Kier molecular flexibility index (Phi) is 4.89. The Morgan fingerprint density at radius 1 is 1.48 bits per heavy atom. The van der Waals surface area contributed by atoms with Gasteiger partial charge in [0.05, 0.1) is 26.8 Å². The highest BCUT2D eigenvalue weighted by molar-refractivity contribution is 6.18. The first-order valence-electron chi connectivity index (χ1n) is 8.99. The van der Waals surface area contributed by atoms with Gasteiger partial charge in [-0.1, -0.05) is 43.2 Å². The minimum absolute atomic E-state index is 0.0792. The molecule has 0 aromatic heterocycles. The summed E-state index contributed by atoms with van der Waals surface area (Å²) in [4.78, 5) is 0. The molecule has 3 aliphatic rings. The van der Waals surface area contributed by atoms with Crippen molar-refractivity contribution < 1.29 is 9.94 Å².